The van der Waals surface area contributed by atoms with Gasteiger partial charge in [0.05, 0.1) is 6.61 Å². The molecule has 94 valence electrons. The van der Waals surface area contributed by atoms with Gasteiger partial charge in [-0.1, -0.05) is 55.8 Å². The third kappa shape index (κ3) is 2.80. The number of hydrogen-bond donors (Lipinski definition) is 1. The summed E-state index contributed by atoms with van der Waals surface area (Å²) < 4.78 is 0. The number of hydrogen-bond acceptors (Lipinski definition) is 1. The minimum Gasteiger partial charge on any atom is -0.392 e. The van der Waals surface area contributed by atoms with Crippen LogP contribution in [0.15, 0.2) is 42.5 Å². The molecule has 0 heterocycles. The summed E-state index contributed by atoms with van der Waals surface area (Å²) in [7, 11) is 0. The second kappa shape index (κ2) is 5.83. The van der Waals surface area contributed by atoms with Crippen molar-refractivity contribution in [2.75, 3.05) is 0 Å². The Kier molecular flexibility index (Phi) is 4.16. The molecule has 2 rings (SSSR count). The number of aryl methyl sites for hydroxylation is 2. The highest BCUT2D eigenvalue weighted by Gasteiger charge is 2.03. The Hall–Kier alpha value is -1.60. The Bertz CT molecular complexity index is 512. The first-order valence-electron chi connectivity index (χ1n) is 6.54. The molecule has 0 spiro atoms. The van der Waals surface area contributed by atoms with Crippen molar-refractivity contribution in [3.05, 3.63) is 59.2 Å². The van der Waals surface area contributed by atoms with Gasteiger partial charge in [-0.05, 0) is 41.2 Å². The molecule has 0 atom stereocenters. The zero-order valence-corrected chi connectivity index (χ0v) is 11.1. The molecular formula is C17H20O. The van der Waals surface area contributed by atoms with Gasteiger partial charge >= 0.3 is 0 Å². The van der Waals surface area contributed by atoms with Crippen LogP contribution in [0.4, 0.5) is 0 Å². The smallest absolute Gasteiger partial charge is 0.0681 e. The fourth-order valence-corrected chi connectivity index (χ4v) is 2.29. The summed E-state index contributed by atoms with van der Waals surface area (Å²) in [5.74, 6) is 0. The van der Waals surface area contributed by atoms with Gasteiger partial charge in [0.1, 0.15) is 0 Å². The fraction of sp³-hybridized carbons (Fsp3) is 0.294. The third-order valence-corrected chi connectivity index (χ3v) is 3.28. The number of aliphatic hydroxyl groups is 1. The molecule has 0 fully saturated rings. The molecule has 1 N–H and O–H groups in total. The number of benzene rings is 2. The van der Waals surface area contributed by atoms with Crippen LogP contribution in [0.5, 0.6) is 0 Å². The van der Waals surface area contributed by atoms with Gasteiger partial charge in [0, 0.05) is 0 Å². The molecule has 1 nitrogen and oxygen atoms in total. The van der Waals surface area contributed by atoms with E-state index in [1.54, 1.807) is 0 Å². The van der Waals surface area contributed by atoms with E-state index >= 15 is 0 Å². The Morgan fingerprint density at radius 2 is 1.61 bits per heavy atom. The van der Waals surface area contributed by atoms with Crippen LogP contribution in [-0.4, -0.2) is 5.11 Å². The summed E-state index contributed by atoms with van der Waals surface area (Å²) in [5.41, 5.74) is 6.07. The van der Waals surface area contributed by atoms with Gasteiger partial charge in [0.25, 0.3) is 0 Å². The molecule has 0 aliphatic heterocycles. The molecule has 2 aromatic carbocycles. The molecule has 0 saturated heterocycles. The van der Waals surface area contributed by atoms with Crippen molar-refractivity contribution in [3.8, 4) is 11.1 Å². The van der Waals surface area contributed by atoms with Crippen LogP contribution >= 0.6 is 0 Å². The normalized spacial score (nSPS) is 10.6. The molecule has 0 aliphatic carbocycles. The summed E-state index contributed by atoms with van der Waals surface area (Å²) in [4.78, 5) is 0. The second-order valence-electron chi connectivity index (χ2n) is 4.75. The van der Waals surface area contributed by atoms with Gasteiger partial charge in [0.2, 0.25) is 0 Å². The highest BCUT2D eigenvalue weighted by molar-refractivity contribution is 5.67. The maximum absolute atomic E-state index is 9.12. The van der Waals surface area contributed by atoms with E-state index in [1.807, 2.05) is 6.07 Å². The van der Waals surface area contributed by atoms with Crippen molar-refractivity contribution < 1.29 is 5.11 Å². The molecule has 0 unspecified atom stereocenters. The monoisotopic (exact) mass is 240 g/mol. The lowest BCUT2D eigenvalue weighted by Crippen LogP contribution is -1.89. The summed E-state index contributed by atoms with van der Waals surface area (Å²) in [6, 6.07) is 14.9. The van der Waals surface area contributed by atoms with Crippen LogP contribution in [0, 0.1) is 6.92 Å². The molecular weight excluding hydrogens is 220 g/mol. The van der Waals surface area contributed by atoms with E-state index < -0.39 is 0 Å². The van der Waals surface area contributed by atoms with Crippen LogP contribution in [0.2, 0.25) is 0 Å². The van der Waals surface area contributed by atoms with E-state index in [2.05, 4.69) is 50.2 Å². The standard InChI is InChI=1S/C17H20O/c1-3-4-14-5-8-16(9-6-14)17-10-7-15(12-18)11-13(17)2/h5-11,18H,3-4,12H2,1-2H3. The highest BCUT2D eigenvalue weighted by Crippen LogP contribution is 2.25. The quantitative estimate of drug-likeness (QED) is 0.852. The van der Waals surface area contributed by atoms with Gasteiger partial charge in [-0.3, -0.25) is 0 Å². The van der Waals surface area contributed by atoms with Crippen molar-refractivity contribution in [1.29, 1.82) is 0 Å². The SMILES string of the molecule is CCCc1ccc(-c2ccc(CO)cc2C)cc1. The molecule has 0 radical (unpaired) electrons. The highest BCUT2D eigenvalue weighted by atomic mass is 16.3. The van der Waals surface area contributed by atoms with E-state index in [1.165, 1.54) is 28.7 Å². The molecule has 2 aromatic rings. The second-order valence-corrected chi connectivity index (χ2v) is 4.75. The number of aliphatic hydroxyl groups excluding tert-OH is 1. The average molecular weight is 240 g/mol. The lowest BCUT2D eigenvalue weighted by Gasteiger charge is -2.08. The van der Waals surface area contributed by atoms with Crippen LogP contribution in [-0.2, 0) is 13.0 Å². The van der Waals surface area contributed by atoms with E-state index in [9.17, 15) is 0 Å². The summed E-state index contributed by atoms with van der Waals surface area (Å²) in [6.45, 7) is 4.40. The average Bonchev–Trinajstić information content (AvgIpc) is 2.40. The van der Waals surface area contributed by atoms with Crippen LogP contribution in [0.1, 0.15) is 30.0 Å². The molecule has 0 aliphatic rings. The minimum atomic E-state index is 0.108. The van der Waals surface area contributed by atoms with Crippen molar-refractivity contribution >= 4 is 0 Å². The van der Waals surface area contributed by atoms with Crippen LogP contribution < -0.4 is 0 Å². The van der Waals surface area contributed by atoms with Crippen molar-refractivity contribution in [3.63, 3.8) is 0 Å². The fourth-order valence-electron chi connectivity index (χ4n) is 2.29. The van der Waals surface area contributed by atoms with Crippen molar-refractivity contribution in [2.24, 2.45) is 0 Å². The zero-order chi connectivity index (χ0) is 13.0. The van der Waals surface area contributed by atoms with Crippen molar-refractivity contribution in [2.45, 2.75) is 33.3 Å². The first kappa shape index (κ1) is 12.8. The summed E-state index contributed by atoms with van der Waals surface area (Å²) >= 11 is 0. The van der Waals surface area contributed by atoms with Gasteiger partial charge in [0.15, 0.2) is 0 Å². The summed E-state index contributed by atoms with van der Waals surface area (Å²) in [6.07, 6.45) is 2.33. The van der Waals surface area contributed by atoms with Gasteiger partial charge in [-0.2, -0.15) is 0 Å². The molecule has 0 amide bonds. The predicted molar refractivity (Wildman–Crippen MR) is 76.5 cm³/mol. The van der Waals surface area contributed by atoms with Crippen molar-refractivity contribution in [1.82, 2.24) is 0 Å². The molecule has 1 heteroatoms. The Morgan fingerprint density at radius 1 is 0.944 bits per heavy atom. The van der Waals surface area contributed by atoms with E-state index in [4.69, 9.17) is 5.11 Å². The van der Waals surface area contributed by atoms with E-state index in [0.29, 0.717) is 0 Å². The maximum atomic E-state index is 9.12. The number of rotatable bonds is 4. The molecule has 18 heavy (non-hydrogen) atoms. The first-order chi connectivity index (χ1) is 8.74. The summed E-state index contributed by atoms with van der Waals surface area (Å²) in [5, 5.41) is 9.12. The Balaban J connectivity index is 2.30. The zero-order valence-electron chi connectivity index (χ0n) is 11.1. The lowest BCUT2D eigenvalue weighted by molar-refractivity contribution is 0.282. The van der Waals surface area contributed by atoms with Crippen LogP contribution in [0.25, 0.3) is 11.1 Å². The predicted octanol–water partition coefficient (Wildman–Crippen LogP) is 4.11. The maximum Gasteiger partial charge on any atom is 0.0681 e. The first-order valence-corrected chi connectivity index (χ1v) is 6.54. The Labute approximate surface area is 109 Å². The van der Waals surface area contributed by atoms with E-state index in [0.717, 1.165) is 12.0 Å². The molecule has 0 bridgehead atoms. The minimum absolute atomic E-state index is 0.108. The molecule has 0 aromatic heterocycles. The van der Waals surface area contributed by atoms with E-state index in [-0.39, 0.29) is 6.61 Å². The lowest BCUT2D eigenvalue weighted by atomic mass is 9.97. The van der Waals surface area contributed by atoms with Gasteiger partial charge < -0.3 is 5.11 Å². The topological polar surface area (TPSA) is 20.2 Å². The Morgan fingerprint density at radius 3 is 2.17 bits per heavy atom. The van der Waals surface area contributed by atoms with Crippen LogP contribution in [0.3, 0.4) is 0 Å². The van der Waals surface area contributed by atoms with Gasteiger partial charge in [-0.25, -0.2) is 0 Å². The van der Waals surface area contributed by atoms with Gasteiger partial charge in [-0.15, -0.1) is 0 Å². The third-order valence-electron chi connectivity index (χ3n) is 3.28. The largest absolute Gasteiger partial charge is 0.392 e. The molecule has 0 saturated carbocycles.